The average Bonchev–Trinajstić information content (AvgIpc) is 2.95. The molecule has 184 valence electrons. The number of hydrazine groups is 2. The van der Waals surface area contributed by atoms with Crippen LogP contribution in [-0.2, 0) is 0 Å². The molecule has 2 N–H and O–H groups in total. The summed E-state index contributed by atoms with van der Waals surface area (Å²) >= 11 is 0. The van der Waals surface area contributed by atoms with Gasteiger partial charge in [0.25, 0.3) is 35.4 Å². The van der Waals surface area contributed by atoms with Crippen LogP contribution in [0.15, 0.2) is 73.3 Å². The lowest BCUT2D eigenvalue weighted by Gasteiger charge is -2.31. The first-order valence-electron chi connectivity index (χ1n) is 11.2. The van der Waals surface area contributed by atoms with Crippen molar-refractivity contribution in [3.63, 3.8) is 0 Å². The monoisotopic (exact) mass is 506 g/mol. The molecule has 0 atom stereocenters. The van der Waals surface area contributed by atoms with Crippen molar-refractivity contribution in [1.29, 1.82) is 0 Å². The maximum Gasteiger partial charge on any atom is 0.280 e. The summed E-state index contributed by atoms with van der Waals surface area (Å²) in [5, 5.41) is 1.42. The van der Waals surface area contributed by atoms with Gasteiger partial charge in [0.15, 0.2) is 0 Å². The van der Waals surface area contributed by atoms with Crippen molar-refractivity contribution in [1.82, 2.24) is 30.8 Å². The van der Waals surface area contributed by atoms with Crippen LogP contribution in [0.3, 0.4) is 0 Å². The predicted octanol–water partition coefficient (Wildman–Crippen LogP) is 1.51. The highest BCUT2D eigenvalue weighted by molar-refractivity contribution is 6.33. The van der Waals surface area contributed by atoms with Crippen LogP contribution in [0, 0.1) is 0 Å². The van der Waals surface area contributed by atoms with Gasteiger partial charge in [-0.15, -0.1) is 0 Å². The first-order valence-corrected chi connectivity index (χ1v) is 11.2. The van der Waals surface area contributed by atoms with Gasteiger partial charge in [-0.2, -0.15) is 10.0 Å². The van der Waals surface area contributed by atoms with E-state index in [1.54, 1.807) is 0 Å². The number of aromatic nitrogens is 2. The van der Waals surface area contributed by atoms with Crippen molar-refractivity contribution in [3.05, 3.63) is 107 Å². The van der Waals surface area contributed by atoms with Gasteiger partial charge in [0, 0.05) is 46.7 Å². The van der Waals surface area contributed by atoms with Gasteiger partial charge in [-0.3, -0.25) is 49.6 Å². The number of hydrogen-bond donors (Lipinski definition) is 2. The highest BCUT2D eigenvalue weighted by atomic mass is 16.2. The molecule has 6 rings (SSSR count). The fraction of sp³-hybridized carbons (Fsp3) is 0. The summed E-state index contributed by atoms with van der Waals surface area (Å²) in [4.78, 5) is 86.0. The molecule has 0 aliphatic carbocycles. The Morgan fingerprint density at radius 1 is 0.500 bits per heavy atom. The third-order valence-corrected chi connectivity index (χ3v) is 6.21. The maximum absolute atomic E-state index is 13.3. The zero-order chi connectivity index (χ0) is 26.6. The van der Waals surface area contributed by atoms with E-state index in [0.717, 1.165) is 0 Å². The lowest BCUT2D eigenvalue weighted by Crippen LogP contribution is -2.53. The number of hydrogen-bond acceptors (Lipinski definition) is 8. The van der Waals surface area contributed by atoms with E-state index in [-0.39, 0.29) is 44.2 Å². The smallest absolute Gasteiger partial charge is 0.267 e. The number of nitrogens with one attached hydrogen (secondary N) is 2. The lowest BCUT2D eigenvalue weighted by molar-refractivity contribution is 0.0468. The molecule has 2 aliphatic heterocycles. The number of carbonyl (C=O) groups excluding carboxylic acids is 6. The van der Waals surface area contributed by atoms with E-state index in [4.69, 9.17) is 0 Å². The summed E-state index contributed by atoms with van der Waals surface area (Å²) in [5.41, 5.74) is 5.06. The van der Waals surface area contributed by atoms with E-state index in [1.807, 2.05) is 0 Å². The highest BCUT2D eigenvalue weighted by Gasteiger charge is 2.41. The summed E-state index contributed by atoms with van der Waals surface area (Å²) in [6, 6.07) is 11.0. The second-order valence-electron chi connectivity index (χ2n) is 8.32. The molecule has 0 saturated heterocycles. The van der Waals surface area contributed by atoms with Crippen LogP contribution in [0.4, 0.5) is 0 Å². The van der Waals surface area contributed by atoms with Gasteiger partial charge in [-0.1, -0.05) is 0 Å². The standard InChI is InChI=1S/C26H14N6O6/c33-21(13-5-9-27-10-6-13)29-31-23(35)15-1-2-16-20-18(4-3-17(19(15)20)25(31)37)26(38)32(24(16)36)30-22(34)14-7-11-28-12-8-14/h1-12H,(H,29,33)(H,30,34). The second-order valence-corrected chi connectivity index (χ2v) is 8.32. The average molecular weight is 506 g/mol. The van der Waals surface area contributed by atoms with Gasteiger partial charge in [-0.25, -0.2) is 0 Å². The Morgan fingerprint density at radius 2 is 0.789 bits per heavy atom. The number of pyridine rings is 2. The van der Waals surface area contributed by atoms with E-state index in [0.29, 0.717) is 10.0 Å². The number of rotatable bonds is 4. The molecule has 0 saturated carbocycles. The molecule has 4 aromatic rings. The zero-order valence-corrected chi connectivity index (χ0v) is 19.2. The zero-order valence-electron chi connectivity index (χ0n) is 19.2. The Labute approximate surface area is 212 Å². The first kappa shape index (κ1) is 22.7. The number of carbonyl (C=O) groups is 6. The number of nitrogens with zero attached hydrogens (tertiary/aromatic N) is 4. The molecule has 12 nitrogen and oxygen atoms in total. The molecule has 2 aromatic heterocycles. The van der Waals surface area contributed by atoms with Crippen molar-refractivity contribution < 1.29 is 28.8 Å². The van der Waals surface area contributed by atoms with Gasteiger partial charge in [0.2, 0.25) is 0 Å². The Bertz CT molecular complexity index is 1540. The minimum atomic E-state index is -0.832. The highest BCUT2D eigenvalue weighted by Crippen LogP contribution is 2.37. The van der Waals surface area contributed by atoms with Crippen molar-refractivity contribution in [2.75, 3.05) is 0 Å². The van der Waals surface area contributed by atoms with Crippen LogP contribution in [-0.4, -0.2) is 55.4 Å². The van der Waals surface area contributed by atoms with Gasteiger partial charge >= 0.3 is 0 Å². The van der Waals surface area contributed by atoms with Crippen molar-refractivity contribution in [2.24, 2.45) is 0 Å². The minimum absolute atomic E-state index is 0.0186. The van der Waals surface area contributed by atoms with Crippen LogP contribution in [0.25, 0.3) is 10.8 Å². The molecule has 4 heterocycles. The first-order chi connectivity index (χ1) is 18.4. The maximum atomic E-state index is 13.3. The van der Waals surface area contributed by atoms with Crippen LogP contribution < -0.4 is 10.9 Å². The SMILES string of the molecule is O=C(NN1C(=O)c2ccc3c4c(ccc(c24)C1=O)C(=O)N(NC(=O)c1ccncc1)C3=O)c1ccncc1. The molecule has 0 fully saturated rings. The molecule has 0 bridgehead atoms. The molecular weight excluding hydrogens is 492 g/mol. The Balaban J connectivity index is 1.38. The minimum Gasteiger partial charge on any atom is -0.267 e. The van der Waals surface area contributed by atoms with E-state index < -0.39 is 35.4 Å². The second kappa shape index (κ2) is 8.41. The molecular formula is C26H14N6O6. The molecule has 0 unspecified atom stereocenters. The summed E-state index contributed by atoms with van der Waals surface area (Å²) < 4.78 is 0. The number of imide groups is 2. The van der Waals surface area contributed by atoms with Crippen LogP contribution >= 0.6 is 0 Å². The third kappa shape index (κ3) is 3.32. The lowest BCUT2D eigenvalue weighted by atomic mass is 9.86. The van der Waals surface area contributed by atoms with Gasteiger partial charge < -0.3 is 0 Å². The third-order valence-electron chi connectivity index (χ3n) is 6.21. The number of amides is 6. The fourth-order valence-corrected chi connectivity index (χ4v) is 4.42. The van der Waals surface area contributed by atoms with E-state index in [9.17, 15) is 28.8 Å². The molecule has 0 spiro atoms. The van der Waals surface area contributed by atoms with Crippen LogP contribution in [0.1, 0.15) is 62.1 Å². The predicted molar refractivity (Wildman–Crippen MR) is 128 cm³/mol. The Kier molecular flexibility index (Phi) is 5.02. The number of benzene rings is 2. The van der Waals surface area contributed by atoms with Crippen LogP contribution in [0.2, 0.25) is 0 Å². The molecule has 38 heavy (non-hydrogen) atoms. The van der Waals surface area contributed by atoms with Crippen molar-refractivity contribution >= 4 is 46.2 Å². The molecule has 2 aliphatic rings. The van der Waals surface area contributed by atoms with Gasteiger partial charge in [0.1, 0.15) is 0 Å². The summed E-state index contributed by atoms with van der Waals surface area (Å²) in [5.74, 6) is -4.73. The summed E-state index contributed by atoms with van der Waals surface area (Å²) in [6.07, 6.45) is 5.57. The Morgan fingerprint density at radius 3 is 1.08 bits per heavy atom. The van der Waals surface area contributed by atoms with Crippen molar-refractivity contribution in [3.8, 4) is 0 Å². The van der Waals surface area contributed by atoms with Gasteiger partial charge in [-0.05, 0) is 48.5 Å². The summed E-state index contributed by atoms with van der Waals surface area (Å²) in [7, 11) is 0. The topological polar surface area (TPSA) is 159 Å². The summed E-state index contributed by atoms with van der Waals surface area (Å²) in [6.45, 7) is 0. The largest absolute Gasteiger partial charge is 0.280 e. The van der Waals surface area contributed by atoms with Crippen LogP contribution in [0.5, 0.6) is 0 Å². The molecule has 6 amide bonds. The molecule has 12 heteroatoms. The fourth-order valence-electron chi connectivity index (χ4n) is 4.42. The van der Waals surface area contributed by atoms with E-state index >= 15 is 0 Å². The normalized spacial score (nSPS) is 14.1. The Hall–Kier alpha value is -5.78. The van der Waals surface area contributed by atoms with E-state index in [2.05, 4.69) is 20.8 Å². The quantitative estimate of drug-likeness (QED) is 0.394. The molecule has 2 aromatic carbocycles. The molecule has 0 radical (unpaired) electrons. The van der Waals surface area contributed by atoms with Gasteiger partial charge in [0.05, 0.1) is 22.3 Å². The van der Waals surface area contributed by atoms with Crippen molar-refractivity contribution in [2.45, 2.75) is 0 Å². The van der Waals surface area contributed by atoms with E-state index in [1.165, 1.54) is 73.3 Å².